The Morgan fingerprint density at radius 3 is 2.75 bits per heavy atom. The highest BCUT2D eigenvalue weighted by Gasteiger charge is 2.11. The molecule has 7 heteroatoms. The van der Waals surface area contributed by atoms with E-state index in [-0.39, 0.29) is 6.04 Å². The van der Waals surface area contributed by atoms with Crippen molar-refractivity contribution in [3.05, 3.63) is 72.9 Å². The molecule has 28 heavy (non-hydrogen) atoms. The second-order valence-electron chi connectivity index (χ2n) is 6.57. The first-order valence-electron chi connectivity index (χ1n) is 9.01. The Hall–Kier alpha value is -3.87. The van der Waals surface area contributed by atoms with Crippen LogP contribution in [-0.4, -0.2) is 29.9 Å². The number of benzene rings is 2. The fourth-order valence-corrected chi connectivity index (χ4v) is 3.25. The van der Waals surface area contributed by atoms with E-state index in [4.69, 9.17) is 0 Å². The Kier molecular flexibility index (Phi) is 3.90. The van der Waals surface area contributed by atoms with E-state index in [0.29, 0.717) is 11.6 Å². The molecule has 0 fully saturated rings. The second kappa shape index (κ2) is 6.70. The van der Waals surface area contributed by atoms with E-state index in [9.17, 15) is 0 Å². The third-order valence-electron chi connectivity index (χ3n) is 4.72. The van der Waals surface area contributed by atoms with Gasteiger partial charge >= 0.3 is 0 Å². The summed E-state index contributed by atoms with van der Waals surface area (Å²) in [6, 6.07) is 16.4. The third-order valence-corrected chi connectivity index (χ3v) is 4.72. The molecule has 7 nitrogen and oxygen atoms in total. The molecule has 0 saturated heterocycles. The fourth-order valence-electron chi connectivity index (χ4n) is 3.25. The average molecular weight is 367 g/mol. The van der Waals surface area contributed by atoms with Crippen LogP contribution in [0.4, 0.5) is 5.95 Å². The van der Waals surface area contributed by atoms with Crippen LogP contribution in [0.2, 0.25) is 0 Å². The largest absolute Gasteiger partial charge is 0.348 e. The number of imidazole rings is 1. The summed E-state index contributed by atoms with van der Waals surface area (Å²) in [6.45, 7) is 2.09. The minimum Gasteiger partial charge on any atom is -0.348 e. The van der Waals surface area contributed by atoms with Gasteiger partial charge in [-0.15, -0.1) is 0 Å². The zero-order valence-electron chi connectivity index (χ0n) is 15.2. The molecule has 0 spiro atoms. The minimum absolute atomic E-state index is 0.118. The summed E-state index contributed by atoms with van der Waals surface area (Å²) in [7, 11) is 0. The van der Waals surface area contributed by atoms with E-state index in [1.807, 2.05) is 42.6 Å². The van der Waals surface area contributed by atoms with Crippen molar-refractivity contribution >= 4 is 28.0 Å². The Morgan fingerprint density at radius 1 is 0.964 bits per heavy atom. The number of nitrogens with one attached hydrogen (secondary N) is 2. The molecule has 3 heterocycles. The van der Waals surface area contributed by atoms with Crippen LogP contribution in [-0.2, 0) is 0 Å². The van der Waals surface area contributed by atoms with Gasteiger partial charge < -0.3 is 10.3 Å². The maximum Gasteiger partial charge on any atom is 0.223 e. The molecule has 5 rings (SSSR count). The van der Waals surface area contributed by atoms with Gasteiger partial charge in [-0.3, -0.25) is 0 Å². The number of hydrogen-bond donors (Lipinski definition) is 2. The molecule has 0 aliphatic carbocycles. The lowest BCUT2D eigenvalue weighted by molar-refractivity contribution is 0.864. The molecule has 0 aliphatic heterocycles. The smallest absolute Gasteiger partial charge is 0.223 e. The molecule has 0 amide bonds. The summed E-state index contributed by atoms with van der Waals surface area (Å²) in [5.41, 5.74) is 5.30. The highest BCUT2D eigenvalue weighted by atomic mass is 15.1. The van der Waals surface area contributed by atoms with Crippen LogP contribution in [0.15, 0.2) is 67.4 Å². The highest BCUT2D eigenvalue weighted by molar-refractivity contribution is 5.91. The van der Waals surface area contributed by atoms with E-state index >= 15 is 0 Å². The van der Waals surface area contributed by atoms with Crippen LogP contribution in [0, 0.1) is 0 Å². The number of nitrogens with zero attached hydrogens (tertiary/aromatic N) is 5. The number of fused-ring (bicyclic) bond motifs is 2. The minimum atomic E-state index is 0.118. The van der Waals surface area contributed by atoms with Gasteiger partial charge in [-0.05, 0) is 24.6 Å². The van der Waals surface area contributed by atoms with Crippen molar-refractivity contribution in [1.82, 2.24) is 29.9 Å². The van der Waals surface area contributed by atoms with Crippen molar-refractivity contribution in [3.63, 3.8) is 0 Å². The zero-order chi connectivity index (χ0) is 18.9. The number of aromatic amines is 1. The first-order valence-corrected chi connectivity index (χ1v) is 9.01. The van der Waals surface area contributed by atoms with E-state index < -0.39 is 0 Å². The Morgan fingerprint density at radius 2 is 1.86 bits per heavy atom. The summed E-state index contributed by atoms with van der Waals surface area (Å²) in [4.78, 5) is 25.0. The maximum absolute atomic E-state index is 4.65. The van der Waals surface area contributed by atoms with Gasteiger partial charge in [0.1, 0.15) is 11.8 Å². The SMILES string of the molecule is CC(Nc1ncc2cc(-c3ncnc4nc[nH]c34)ccc2n1)c1ccccc1. The average Bonchev–Trinajstić information content (AvgIpc) is 3.23. The van der Waals surface area contributed by atoms with Crippen molar-refractivity contribution in [2.75, 3.05) is 5.32 Å². The first-order chi connectivity index (χ1) is 13.8. The summed E-state index contributed by atoms with van der Waals surface area (Å²) < 4.78 is 0. The number of rotatable bonds is 4. The van der Waals surface area contributed by atoms with Crippen molar-refractivity contribution in [3.8, 4) is 11.3 Å². The summed E-state index contributed by atoms with van der Waals surface area (Å²) >= 11 is 0. The summed E-state index contributed by atoms with van der Waals surface area (Å²) in [5.74, 6) is 0.606. The number of H-pyrrole nitrogens is 1. The van der Waals surface area contributed by atoms with Crippen LogP contribution < -0.4 is 5.32 Å². The van der Waals surface area contributed by atoms with E-state index in [1.165, 1.54) is 11.9 Å². The molecule has 136 valence electrons. The number of anilines is 1. The van der Waals surface area contributed by atoms with Gasteiger partial charge in [0.05, 0.1) is 23.6 Å². The van der Waals surface area contributed by atoms with E-state index in [0.717, 1.165) is 27.7 Å². The van der Waals surface area contributed by atoms with Gasteiger partial charge in [0.2, 0.25) is 5.95 Å². The topological polar surface area (TPSA) is 92.3 Å². The standard InChI is InChI=1S/C21H17N7/c1-13(14-5-3-2-4-6-14)27-21-22-10-16-9-15(7-8-17(16)28-21)18-19-20(25-11-23-18)26-12-24-19/h2-13H,1H3,(H,22,27,28)(H,23,24,25,26). The number of aromatic nitrogens is 6. The summed E-state index contributed by atoms with van der Waals surface area (Å²) in [5, 5.41) is 4.31. The molecule has 0 bridgehead atoms. The van der Waals surface area contributed by atoms with Crippen molar-refractivity contribution in [2.24, 2.45) is 0 Å². The lowest BCUT2D eigenvalue weighted by atomic mass is 10.1. The molecule has 5 aromatic rings. The normalized spacial score (nSPS) is 12.3. The van der Waals surface area contributed by atoms with Gasteiger partial charge in [-0.25, -0.2) is 24.9 Å². The monoisotopic (exact) mass is 367 g/mol. The van der Waals surface area contributed by atoms with Crippen molar-refractivity contribution in [2.45, 2.75) is 13.0 Å². The fraction of sp³-hybridized carbons (Fsp3) is 0.0952. The molecule has 0 radical (unpaired) electrons. The van der Waals surface area contributed by atoms with Gasteiger partial charge in [0.25, 0.3) is 0 Å². The van der Waals surface area contributed by atoms with Crippen LogP contribution in [0.25, 0.3) is 33.3 Å². The van der Waals surface area contributed by atoms with Crippen LogP contribution in [0.1, 0.15) is 18.5 Å². The summed E-state index contributed by atoms with van der Waals surface area (Å²) in [6.07, 6.45) is 4.98. The van der Waals surface area contributed by atoms with E-state index in [2.05, 4.69) is 54.3 Å². The number of hydrogen-bond acceptors (Lipinski definition) is 6. The molecule has 1 unspecified atom stereocenters. The lowest BCUT2D eigenvalue weighted by Gasteiger charge is -2.14. The Balaban J connectivity index is 1.47. The Bertz CT molecular complexity index is 1260. The molecular weight excluding hydrogens is 350 g/mol. The molecule has 0 saturated carbocycles. The van der Waals surface area contributed by atoms with Crippen molar-refractivity contribution < 1.29 is 0 Å². The molecule has 3 aromatic heterocycles. The van der Waals surface area contributed by atoms with Crippen LogP contribution in [0.5, 0.6) is 0 Å². The van der Waals surface area contributed by atoms with Crippen LogP contribution in [0.3, 0.4) is 0 Å². The van der Waals surface area contributed by atoms with E-state index in [1.54, 1.807) is 6.33 Å². The molecule has 1 atom stereocenters. The molecular formula is C21H17N7. The lowest BCUT2D eigenvalue weighted by Crippen LogP contribution is -2.09. The second-order valence-corrected chi connectivity index (χ2v) is 6.57. The predicted octanol–water partition coefficient (Wildman–Crippen LogP) is 4.14. The first kappa shape index (κ1) is 16.3. The highest BCUT2D eigenvalue weighted by Crippen LogP contribution is 2.26. The maximum atomic E-state index is 4.65. The predicted molar refractivity (Wildman–Crippen MR) is 109 cm³/mol. The zero-order valence-corrected chi connectivity index (χ0v) is 15.2. The quantitative estimate of drug-likeness (QED) is 0.496. The van der Waals surface area contributed by atoms with Gasteiger partial charge in [-0.1, -0.05) is 36.4 Å². The third kappa shape index (κ3) is 2.92. The van der Waals surface area contributed by atoms with Crippen molar-refractivity contribution in [1.29, 1.82) is 0 Å². The molecule has 2 aromatic carbocycles. The molecule has 2 N–H and O–H groups in total. The van der Waals surface area contributed by atoms with Gasteiger partial charge in [-0.2, -0.15) is 0 Å². The van der Waals surface area contributed by atoms with Gasteiger partial charge in [0.15, 0.2) is 5.65 Å². The molecule has 0 aliphatic rings. The van der Waals surface area contributed by atoms with Crippen LogP contribution >= 0.6 is 0 Å². The Labute approximate surface area is 160 Å². The van der Waals surface area contributed by atoms with Gasteiger partial charge in [0, 0.05) is 17.1 Å².